The molecule has 0 atom stereocenters. The maximum Gasteiger partial charge on any atom is 0.166 e. The fourth-order valence-electron chi connectivity index (χ4n) is 1.96. The van der Waals surface area contributed by atoms with E-state index in [-0.39, 0.29) is 0 Å². The van der Waals surface area contributed by atoms with Crippen molar-refractivity contribution in [3.8, 4) is 17.0 Å². The van der Waals surface area contributed by atoms with Crippen molar-refractivity contribution in [1.29, 1.82) is 0 Å². The predicted molar refractivity (Wildman–Crippen MR) is 68.3 cm³/mol. The van der Waals surface area contributed by atoms with Crippen molar-refractivity contribution in [3.63, 3.8) is 0 Å². The lowest BCUT2D eigenvalue weighted by molar-refractivity contribution is 0.111. The fraction of sp³-hybridized carbons (Fsp3) is 0.143. The molecule has 0 bridgehead atoms. The van der Waals surface area contributed by atoms with Gasteiger partial charge in [-0.3, -0.25) is 9.59 Å². The molecule has 0 amide bonds. The standard InChI is InChI=1S/C14H13NO3/c1-9-11(7-16)14(15-12(9)8-17)10-5-3-4-6-13(10)18-2/h3-8,15H,1-2H3. The van der Waals surface area contributed by atoms with Crippen LogP contribution in [0.1, 0.15) is 26.4 Å². The van der Waals surface area contributed by atoms with E-state index in [2.05, 4.69) is 4.98 Å². The van der Waals surface area contributed by atoms with Crippen molar-refractivity contribution >= 4 is 12.6 Å². The summed E-state index contributed by atoms with van der Waals surface area (Å²) in [4.78, 5) is 25.1. The zero-order valence-corrected chi connectivity index (χ0v) is 10.2. The Morgan fingerprint density at radius 1 is 1.17 bits per heavy atom. The van der Waals surface area contributed by atoms with Crippen molar-refractivity contribution < 1.29 is 14.3 Å². The average Bonchev–Trinajstić information content (AvgIpc) is 2.74. The van der Waals surface area contributed by atoms with Gasteiger partial charge in [0.2, 0.25) is 0 Å². The van der Waals surface area contributed by atoms with Crippen LogP contribution in [0.25, 0.3) is 11.3 Å². The molecule has 0 radical (unpaired) electrons. The fourth-order valence-corrected chi connectivity index (χ4v) is 1.96. The van der Waals surface area contributed by atoms with Crippen LogP contribution in [0.4, 0.5) is 0 Å². The van der Waals surface area contributed by atoms with E-state index in [1.165, 1.54) is 0 Å². The van der Waals surface area contributed by atoms with Crippen molar-refractivity contribution in [2.24, 2.45) is 0 Å². The van der Waals surface area contributed by atoms with E-state index in [4.69, 9.17) is 4.74 Å². The van der Waals surface area contributed by atoms with E-state index < -0.39 is 0 Å². The summed E-state index contributed by atoms with van der Waals surface area (Å²) in [5.41, 5.74) is 2.93. The Hall–Kier alpha value is -2.36. The number of hydrogen-bond donors (Lipinski definition) is 1. The molecule has 0 fully saturated rings. The van der Waals surface area contributed by atoms with E-state index in [1.54, 1.807) is 20.1 Å². The normalized spacial score (nSPS) is 10.1. The molecule has 2 aromatic rings. The summed E-state index contributed by atoms with van der Waals surface area (Å²) < 4.78 is 5.26. The lowest BCUT2D eigenvalue weighted by Crippen LogP contribution is -1.90. The van der Waals surface area contributed by atoms with Gasteiger partial charge < -0.3 is 9.72 Å². The number of ether oxygens (including phenoxy) is 1. The van der Waals surface area contributed by atoms with Crippen LogP contribution in [0.15, 0.2) is 24.3 Å². The number of methoxy groups -OCH3 is 1. The molecular weight excluding hydrogens is 230 g/mol. The average molecular weight is 243 g/mol. The van der Waals surface area contributed by atoms with Gasteiger partial charge in [-0.15, -0.1) is 0 Å². The number of aldehydes is 2. The molecule has 2 rings (SSSR count). The maximum atomic E-state index is 11.2. The largest absolute Gasteiger partial charge is 0.496 e. The summed E-state index contributed by atoms with van der Waals surface area (Å²) in [7, 11) is 1.57. The number of aromatic nitrogens is 1. The first-order valence-electron chi connectivity index (χ1n) is 5.49. The molecule has 4 heteroatoms. The van der Waals surface area contributed by atoms with Gasteiger partial charge in [0.05, 0.1) is 18.5 Å². The minimum Gasteiger partial charge on any atom is -0.496 e. The van der Waals surface area contributed by atoms with Gasteiger partial charge in [0.15, 0.2) is 12.6 Å². The van der Waals surface area contributed by atoms with Crippen LogP contribution in [0.3, 0.4) is 0 Å². The summed E-state index contributed by atoms with van der Waals surface area (Å²) >= 11 is 0. The molecule has 0 aliphatic rings. The van der Waals surface area contributed by atoms with E-state index in [0.717, 1.165) is 11.8 Å². The molecule has 0 saturated carbocycles. The first-order chi connectivity index (χ1) is 8.72. The van der Waals surface area contributed by atoms with Crippen molar-refractivity contribution in [2.75, 3.05) is 7.11 Å². The molecule has 1 aromatic heterocycles. The highest BCUT2D eigenvalue weighted by Crippen LogP contribution is 2.32. The summed E-state index contributed by atoms with van der Waals surface area (Å²) in [6.07, 6.45) is 1.46. The molecule has 92 valence electrons. The van der Waals surface area contributed by atoms with Crippen LogP contribution in [0.5, 0.6) is 5.75 Å². The van der Waals surface area contributed by atoms with Crippen molar-refractivity contribution in [1.82, 2.24) is 4.98 Å². The Morgan fingerprint density at radius 2 is 1.89 bits per heavy atom. The number of H-pyrrole nitrogens is 1. The van der Waals surface area contributed by atoms with Crippen molar-refractivity contribution in [3.05, 3.63) is 41.1 Å². The zero-order chi connectivity index (χ0) is 13.1. The van der Waals surface area contributed by atoms with Crippen LogP contribution in [0, 0.1) is 6.92 Å². The topological polar surface area (TPSA) is 59.2 Å². The molecule has 1 heterocycles. The highest BCUT2D eigenvalue weighted by Gasteiger charge is 2.17. The van der Waals surface area contributed by atoms with Crippen molar-refractivity contribution in [2.45, 2.75) is 6.92 Å². The number of hydrogen-bond acceptors (Lipinski definition) is 3. The molecule has 0 saturated heterocycles. The first kappa shape index (κ1) is 12.1. The number of aromatic amines is 1. The predicted octanol–water partition coefficient (Wildman–Crippen LogP) is 2.62. The van der Waals surface area contributed by atoms with E-state index in [1.807, 2.05) is 18.2 Å². The summed E-state index contributed by atoms with van der Waals surface area (Å²) in [5, 5.41) is 0. The monoisotopic (exact) mass is 243 g/mol. The third kappa shape index (κ3) is 1.82. The van der Waals surface area contributed by atoms with E-state index >= 15 is 0 Å². The van der Waals surface area contributed by atoms with Gasteiger partial charge in [0.1, 0.15) is 5.75 Å². The minimum atomic E-state index is 0.415. The van der Waals surface area contributed by atoms with E-state index in [9.17, 15) is 9.59 Å². The SMILES string of the molecule is COc1ccccc1-c1[nH]c(C=O)c(C)c1C=O. The number of carbonyl (C=O) groups excluding carboxylic acids is 2. The lowest BCUT2D eigenvalue weighted by atomic mass is 10.0. The van der Waals surface area contributed by atoms with Crippen LogP contribution < -0.4 is 4.74 Å². The molecule has 1 N–H and O–H groups in total. The summed E-state index contributed by atoms with van der Waals surface area (Å²) in [6, 6.07) is 7.34. The first-order valence-corrected chi connectivity index (χ1v) is 5.49. The second kappa shape index (κ2) is 4.87. The lowest BCUT2D eigenvalue weighted by Gasteiger charge is -2.07. The smallest absolute Gasteiger partial charge is 0.166 e. The number of rotatable bonds is 4. The zero-order valence-electron chi connectivity index (χ0n) is 10.2. The van der Waals surface area contributed by atoms with Crippen LogP contribution in [-0.2, 0) is 0 Å². The summed E-state index contributed by atoms with van der Waals surface area (Å²) in [6.45, 7) is 1.74. The minimum absolute atomic E-state index is 0.415. The quantitative estimate of drug-likeness (QED) is 0.840. The molecule has 1 aromatic carbocycles. The van der Waals surface area contributed by atoms with Crippen LogP contribution in [0.2, 0.25) is 0 Å². The van der Waals surface area contributed by atoms with Crippen LogP contribution in [-0.4, -0.2) is 24.7 Å². The number of nitrogens with one attached hydrogen (secondary N) is 1. The number of benzene rings is 1. The highest BCUT2D eigenvalue weighted by atomic mass is 16.5. The summed E-state index contributed by atoms with van der Waals surface area (Å²) in [5.74, 6) is 0.652. The van der Waals surface area contributed by atoms with Gasteiger partial charge in [0.25, 0.3) is 0 Å². The number of carbonyl (C=O) groups is 2. The molecule has 18 heavy (non-hydrogen) atoms. The second-order valence-electron chi connectivity index (χ2n) is 3.89. The Bertz CT molecular complexity index is 599. The van der Waals surface area contributed by atoms with Crippen LogP contribution >= 0.6 is 0 Å². The Kier molecular flexibility index (Phi) is 3.28. The molecular formula is C14H13NO3. The third-order valence-corrected chi connectivity index (χ3v) is 2.95. The Morgan fingerprint density at radius 3 is 2.50 bits per heavy atom. The number of para-hydroxylation sites is 1. The Balaban J connectivity index is 2.70. The molecule has 0 unspecified atom stereocenters. The van der Waals surface area contributed by atoms with Gasteiger partial charge in [-0.2, -0.15) is 0 Å². The Labute approximate surface area is 105 Å². The van der Waals surface area contributed by atoms with Gasteiger partial charge in [-0.25, -0.2) is 0 Å². The van der Waals surface area contributed by atoms with Gasteiger partial charge in [-0.1, -0.05) is 12.1 Å². The van der Waals surface area contributed by atoms with Gasteiger partial charge in [0, 0.05) is 11.1 Å². The molecule has 0 aliphatic carbocycles. The maximum absolute atomic E-state index is 11.2. The van der Waals surface area contributed by atoms with E-state index in [0.29, 0.717) is 34.6 Å². The second-order valence-corrected chi connectivity index (χ2v) is 3.89. The third-order valence-electron chi connectivity index (χ3n) is 2.95. The van der Waals surface area contributed by atoms with Gasteiger partial charge >= 0.3 is 0 Å². The van der Waals surface area contributed by atoms with Gasteiger partial charge in [-0.05, 0) is 24.6 Å². The molecule has 0 spiro atoms. The molecule has 4 nitrogen and oxygen atoms in total. The molecule has 0 aliphatic heterocycles. The highest BCUT2D eigenvalue weighted by molar-refractivity contribution is 5.94.